The second-order valence-corrected chi connectivity index (χ2v) is 4.66. The number of amidine groups is 1. The third-order valence-corrected chi connectivity index (χ3v) is 3.24. The number of aliphatic imine (C=N–C) groups is 1. The van der Waals surface area contributed by atoms with Gasteiger partial charge < -0.3 is 19.9 Å². The van der Waals surface area contributed by atoms with Gasteiger partial charge in [0.15, 0.2) is 11.9 Å². The van der Waals surface area contributed by atoms with Gasteiger partial charge in [-0.3, -0.25) is 0 Å². The molecule has 4 rings (SSSR count). The maximum absolute atomic E-state index is 5.76. The van der Waals surface area contributed by atoms with E-state index in [2.05, 4.69) is 15.0 Å². The molecule has 1 atom stereocenters. The summed E-state index contributed by atoms with van der Waals surface area (Å²) in [5, 5.41) is 0. The summed E-state index contributed by atoms with van der Waals surface area (Å²) < 4.78 is 10.8. The van der Waals surface area contributed by atoms with Gasteiger partial charge in [-0.05, 0) is 30.3 Å². The minimum absolute atomic E-state index is 0.0920. The minimum Gasteiger partial charge on any atom is -0.465 e. The summed E-state index contributed by atoms with van der Waals surface area (Å²) in [5.41, 5.74) is 8.22. The van der Waals surface area contributed by atoms with Crippen LogP contribution in [-0.4, -0.2) is 16.0 Å². The predicted molar refractivity (Wildman–Crippen MR) is 78.2 cm³/mol. The van der Waals surface area contributed by atoms with Crippen LogP contribution in [0.1, 0.15) is 17.7 Å². The SMILES string of the molecule is NC1=NC(c2nc3ccccc3[nH]2)=CC(c2ccco2)O1. The van der Waals surface area contributed by atoms with E-state index in [0.29, 0.717) is 17.3 Å². The first-order valence-electron chi connectivity index (χ1n) is 6.51. The quantitative estimate of drug-likeness (QED) is 0.755. The van der Waals surface area contributed by atoms with Crippen LogP contribution < -0.4 is 5.73 Å². The number of hydrogen-bond donors (Lipinski definition) is 2. The molecule has 0 amide bonds. The van der Waals surface area contributed by atoms with Crippen molar-refractivity contribution in [1.29, 1.82) is 0 Å². The number of imidazole rings is 1. The zero-order chi connectivity index (χ0) is 14.2. The van der Waals surface area contributed by atoms with E-state index < -0.39 is 6.10 Å². The van der Waals surface area contributed by atoms with Crippen molar-refractivity contribution in [1.82, 2.24) is 9.97 Å². The first-order chi connectivity index (χ1) is 10.3. The Morgan fingerprint density at radius 1 is 1.14 bits per heavy atom. The molecule has 6 heteroatoms. The molecule has 0 saturated heterocycles. The van der Waals surface area contributed by atoms with Crippen molar-refractivity contribution in [3.63, 3.8) is 0 Å². The molecule has 3 heterocycles. The van der Waals surface area contributed by atoms with E-state index in [9.17, 15) is 0 Å². The first kappa shape index (κ1) is 11.8. The molecule has 0 saturated carbocycles. The summed E-state index contributed by atoms with van der Waals surface area (Å²) in [6, 6.07) is 11.5. The molecule has 1 unspecified atom stereocenters. The van der Waals surface area contributed by atoms with Crippen molar-refractivity contribution in [2.24, 2.45) is 10.7 Å². The van der Waals surface area contributed by atoms with Crippen molar-refractivity contribution >= 4 is 22.8 Å². The zero-order valence-corrected chi connectivity index (χ0v) is 11.0. The molecular weight excluding hydrogens is 268 g/mol. The fourth-order valence-electron chi connectivity index (χ4n) is 2.29. The standard InChI is InChI=1S/C15H12N4O2/c16-15-19-11(8-13(21-15)12-6-3-7-20-12)14-17-9-4-1-2-5-10(9)18-14/h1-8,13H,(H2,16,19)(H,17,18). The predicted octanol–water partition coefficient (Wildman–Crippen LogP) is 2.58. The number of benzene rings is 1. The number of H-pyrrole nitrogens is 1. The van der Waals surface area contributed by atoms with Gasteiger partial charge in [0.2, 0.25) is 0 Å². The van der Waals surface area contributed by atoms with Crippen molar-refractivity contribution in [3.05, 3.63) is 60.3 Å². The lowest BCUT2D eigenvalue weighted by Gasteiger charge is -2.17. The Kier molecular flexibility index (Phi) is 2.53. The number of fused-ring (bicyclic) bond motifs is 1. The molecule has 2 aromatic heterocycles. The number of nitrogens with two attached hydrogens (primary N) is 1. The highest BCUT2D eigenvalue weighted by atomic mass is 16.5. The molecule has 0 radical (unpaired) electrons. The van der Waals surface area contributed by atoms with Crippen LogP contribution in [0.25, 0.3) is 16.7 Å². The Morgan fingerprint density at radius 2 is 2.05 bits per heavy atom. The monoisotopic (exact) mass is 280 g/mol. The largest absolute Gasteiger partial charge is 0.465 e. The lowest BCUT2D eigenvalue weighted by atomic mass is 10.2. The maximum Gasteiger partial charge on any atom is 0.288 e. The summed E-state index contributed by atoms with van der Waals surface area (Å²) in [7, 11) is 0. The Hall–Kier alpha value is -3.02. The molecule has 1 aliphatic rings. The number of aromatic nitrogens is 2. The number of nitrogens with one attached hydrogen (secondary N) is 1. The molecule has 1 aromatic carbocycles. The molecule has 0 aliphatic carbocycles. The van der Waals surface area contributed by atoms with Gasteiger partial charge in [0.25, 0.3) is 6.02 Å². The lowest BCUT2D eigenvalue weighted by Crippen LogP contribution is -2.22. The molecule has 0 spiro atoms. The van der Waals surface area contributed by atoms with E-state index in [1.54, 1.807) is 12.3 Å². The van der Waals surface area contributed by atoms with E-state index in [0.717, 1.165) is 11.0 Å². The molecule has 0 fully saturated rings. The number of aromatic amines is 1. The maximum atomic E-state index is 5.76. The lowest BCUT2D eigenvalue weighted by molar-refractivity contribution is 0.202. The van der Waals surface area contributed by atoms with Crippen molar-refractivity contribution < 1.29 is 9.15 Å². The second kappa shape index (κ2) is 4.52. The van der Waals surface area contributed by atoms with Crippen LogP contribution in [0.3, 0.4) is 0 Å². The van der Waals surface area contributed by atoms with Crippen molar-refractivity contribution in [2.45, 2.75) is 6.10 Å². The highest BCUT2D eigenvalue weighted by molar-refractivity contribution is 5.84. The average Bonchev–Trinajstić information content (AvgIpc) is 3.16. The fourth-order valence-corrected chi connectivity index (χ4v) is 2.29. The van der Waals surface area contributed by atoms with Crippen LogP contribution in [0.5, 0.6) is 0 Å². The van der Waals surface area contributed by atoms with Crippen LogP contribution in [0.4, 0.5) is 0 Å². The fraction of sp³-hybridized carbons (Fsp3) is 0.0667. The number of rotatable bonds is 2. The number of hydrogen-bond acceptors (Lipinski definition) is 5. The van der Waals surface area contributed by atoms with Crippen LogP contribution in [0.15, 0.2) is 58.1 Å². The van der Waals surface area contributed by atoms with Crippen molar-refractivity contribution in [3.8, 4) is 0 Å². The molecular formula is C15H12N4O2. The number of nitrogens with zero attached hydrogens (tertiary/aromatic N) is 2. The van der Waals surface area contributed by atoms with Gasteiger partial charge >= 0.3 is 0 Å². The van der Waals surface area contributed by atoms with Gasteiger partial charge in [-0.2, -0.15) is 4.99 Å². The molecule has 3 N–H and O–H groups in total. The highest BCUT2D eigenvalue weighted by Crippen LogP contribution is 2.29. The average molecular weight is 280 g/mol. The minimum atomic E-state index is -0.402. The second-order valence-electron chi connectivity index (χ2n) is 4.66. The number of ether oxygens (including phenoxy) is 1. The van der Waals surface area contributed by atoms with E-state index >= 15 is 0 Å². The molecule has 1 aliphatic heterocycles. The third kappa shape index (κ3) is 2.06. The van der Waals surface area contributed by atoms with Gasteiger partial charge in [0.1, 0.15) is 11.5 Å². The van der Waals surface area contributed by atoms with E-state index in [4.69, 9.17) is 14.9 Å². The zero-order valence-electron chi connectivity index (χ0n) is 11.0. The molecule has 0 bridgehead atoms. The van der Waals surface area contributed by atoms with Gasteiger partial charge in [0, 0.05) is 0 Å². The summed E-state index contributed by atoms with van der Waals surface area (Å²) in [4.78, 5) is 11.9. The van der Waals surface area contributed by atoms with E-state index in [-0.39, 0.29) is 6.02 Å². The summed E-state index contributed by atoms with van der Waals surface area (Å²) >= 11 is 0. The third-order valence-electron chi connectivity index (χ3n) is 3.24. The Bertz CT molecular complexity index is 813. The molecule has 6 nitrogen and oxygen atoms in total. The van der Waals surface area contributed by atoms with Crippen LogP contribution in [0, 0.1) is 0 Å². The van der Waals surface area contributed by atoms with Gasteiger partial charge in [-0.25, -0.2) is 4.98 Å². The number of para-hydroxylation sites is 2. The van der Waals surface area contributed by atoms with Crippen LogP contribution in [-0.2, 0) is 4.74 Å². The van der Waals surface area contributed by atoms with Gasteiger partial charge in [0.05, 0.1) is 17.3 Å². The number of furan rings is 1. The summed E-state index contributed by atoms with van der Waals surface area (Å²) in [6.07, 6.45) is 3.02. The first-order valence-corrected chi connectivity index (χ1v) is 6.51. The van der Waals surface area contributed by atoms with Crippen molar-refractivity contribution in [2.75, 3.05) is 0 Å². The molecule has 104 valence electrons. The molecule has 21 heavy (non-hydrogen) atoms. The summed E-state index contributed by atoms with van der Waals surface area (Å²) in [6.45, 7) is 0. The topological polar surface area (TPSA) is 89.4 Å². The van der Waals surface area contributed by atoms with E-state index in [1.165, 1.54) is 0 Å². The van der Waals surface area contributed by atoms with Gasteiger partial charge in [-0.1, -0.05) is 12.1 Å². The summed E-state index contributed by atoms with van der Waals surface area (Å²) in [5.74, 6) is 1.32. The normalized spacial score (nSPS) is 18.2. The van der Waals surface area contributed by atoms with E-state index in [1.807, 2.05) is 36.4 Å². The highest BCUT2D eigenvalue weighted by Gasteiger charge is 2.22. The Labute approximate surface area is 120 Å². The molecule has 3 aromatic rings. The Balaban J connectivity index is 1.78. The Morgan fingerprint density at radius 3 is 2.86 bits per heavy atom. The van der Waals surface area contributed by atoms with Gasteiger partial charge in [-0.15, -0.1) is 0 Å². The van der Waals surface area contributed by atoms with Crippen LogP contribution >= 0.6 is 0 Å². The van der Waals surface area contributed by atoms with Crippen LogP contribution in [0.2, 0.25) is 0 Å². The smallest absolute Gasteiger partial charge is 0.288 e.